The highest BCUT2D eigenvalue weighted by molar-refractivity contribution is 6.31. The van der Waals surface area contributed by atoms with E-state index < -0.39 is 5.97 Å². The molecule has 20 heavy (non-hydrogen) atoms. The second-order valence-electron chi connectivity index (χ2n) is 4.72. The summed E-state index contributed by atoms with van der Waals surface area (Å²) in [6.07, 6.45) is 0.0623. The molecule has 0 radical (unpaired) electrons. The zero-order chi connectivity index (χ0) is 14.5. The zero-order valence-corrected chi connectivity index (χ0v) is 12.1. The summed E-state index contributed by atoms with van der Waals surface area (Å²) in [4.78, 5) is 13.0. The summed E-state index contributed by atoms with van der Waals surface area (Å²) < 4.78 is 10.7. The Labute approximate surface area is 123 Å². The van der Waals surface area contributed by atoms with Gasteiger partial charge in [0.25, 0.3) is 0 Å². The number of benzene rings is 1. The van der Waals surface area contributed by atoms with Crippen molar-refractivity contribution in [2.75, 3.05) is 26.9 Å². The van der Waals surface area contributed by atoms with Crippen LogP contribution in [-0.4, -0.2) is 48.9 Å². The molecule has 0 aromatic heterocycles. The Morgan fingerprint density at radius 3 is 3.10 bits per heavy atom. The van der Waals surface area contributed by atoms with Crippen molar-refractivity contribution >= 4 is 17.6 Å². The molecule has 1 aromatic rings. The minimum Gasteiger partial charge on any atom is -0.496 e. The molecule has 0 bridgehead atoms. The Hall–Kier alpha value is -1.30. The summed E-state index contributed by atoms with van der Waals surface area (Å²) in [5, 5.41) is 9.60. The summed E-state index contributed by atoms with van der Waals surface area (Å²) in [5.74, 6) is -0.102. The van der Waals surface area contributed by atoms with Crippen LogP contribution in [0, 0.1) is 0 Å². The molecule has 1 unspecified atom stereocenters. The normalized spacial score (nSPS) is 19.8. The first-order valence-corrected chi connectivity index (χ1v) is 6.84. The van der Waals surface area contributed by atoms with Gasteiger partial charge in [-0.1, -0.05) is 17.7 Å². The first-order chi connectivity index (χ1) is 9.61. The minimum absolute atomic E-state index is 0.0623. The van der Waals surface area contributed by atoms with Crippen LogP contribution in [0.15, 0.2) is 18.2 Å². The van der Waals surface area contributed by atoms with Gasteiger partial charge >= 0.3 is 5.97 Å². The summed E-state index contributed by atoms with van der Waals surface area (Å²) in [6.45, 7) is 2.28. The highest BCUT2D eigenvalue weighted by Crippen LogP contribution is 2.29. The monoisotopic (exact) mass is 299 g/mol. The van der Waals surface area contributed by atoms with E-state index in [0.29, 0.717) is 31.3 Å². The van der Waals surface area contributed by atoms with Crippen molar-refractivity contribution in [3.05, 3.63) is 28.8 Å². The molecule has 1 aromatic carbocycles. The van der Waals surface area contributed by atoms with Crippen LogP contribution in [0.3, 0.4) is 0 Å². The van der Waals surface area contributed by atoms with Crippen LogP contribution in [0.2, 0.25) is 5.02 Å². The average Bonchev–Trinajstić information content (AvgIpc) is 2.42. The molecule has 1 heterocycles. The lowest BCUT2D eigenvalue weighted by Crippen LogP contribution is -2.45. The van der Waals surface area contributed by atoms with E-state index >= 15 is 0 Å². The molecule has 1 atom stereocenters. The van der Waals surface area contributed by atoms with Crippen LogP contribution in [0.1, 0.15) is 12.0 Å². The van der Waals surface area contributed by atoms with Gasteiger partial charge in [-0.2, -0.15) is 0 Å². The first kappa shape index (κ1) is 15.1. The van der Waals surface area contributed by atoms with E-state index in [4.69, 9.17) is 26.2 Å². The van der Waals surface area contributed by atoms with Gasteiger partial charge in [0.2, 0.25) is 0 Å². The number of morpholine rings is 1. The fourth-order valence-corrected chi connectivity index (χ4v) is 2.60. The highest BCUT2D eigenvalue weighted by Gasteiger charge is 2.26. The second kappa shape index (κ2) is 6.92. The van der Waals surface area contributed by atoms with Gasteiger partial charge < -0.3 is 14.6 Å². The van der Waals surface area contributed by atoms with Gasteiger partial charge in [0.1, 0.15) is 5.75 Å². The topological polar surface area (TPSA) is 59.0 Å². The third kappa shape index (κ3) is 3.62. The van der Waals surface area contributed by atoms with E-state index in [1.165, 1.54) is 0 Å². The molecule has 0 spiro atoms. The van der Waals surface area contributed by atoms with Crippen LogP contribution in [0.5, 0.6) is 5.75 Å². The zero-order valence-electron chi connectivity index (χ0n) is 11.3. The molecular formula is C14H18ClNO4. The van der Waals surface area contributed by atoms with E-state index in [9.17, 15) is 4.79 Å². The van der Waals surface area contributed by atoms with Crippen molar-refractivity contribution in [3.8, 4) is 5.75 Å². The molecule has 0 aliphatic carbocycles. The number of hydrogen-bond donors (Lipinski definition) is 1. The van der Waals surface area contributed by atoms with Crippen LogP contribution >= 0.6 is 11.6 Å². The highest BCUT2D eigenvalue weighted by atomic mass is 35.5. The number of hydrogen-bond acceptors (Lipinski definition) is 4. The van der Waals surface area contributed by atoms with Gasteiger partial charge in [-0.3, -0.25) is 9.69 Å². The van der Waals surface area contributed by atoms with Gasteiger partial charge in [0.05, 0.1) is 26.7 Å². The maximum atomic E-state index is 10.9. The Kier molecular flexibility index (Phi) is 5.23. The predicted molar refractivity (Wildman–Crippen MR) is 75.3 cm³/mol. The summed E-state index contributed by atoms with van der Waals surface area (Å²) in [5.41, 5.74) is 0.883. The second-order valence-corrected chi connectivity index (χ2v) is 5.12. The van der Waals surface area contributed by atoms with Gasteiger partial charge in [0.15, 0.2) is 0 Å². The minimum atomic E-state index is -0.823. The number of ether oxygens (including phenoxy) is 2. The third-order valence-electron chi connectivity index (χ3n) is 3.42. The largest absolute Gasteiger partial charge is 0.496 e. The lowest BCUT2D eigenvalue weighted by atomic mass is 10.1. The quantitative estimate of drug-likeness (QED) is 0.901. The molecule has 1 fully saturated rings. The van der Waals surface area contributed by atoms with Crippen LogP contribution < -0.4 is 4.74 Å². The molecule has 2 rings (SSSR count). The molecule has 110 valence electrons. The van der Waals surface area contributed by atoms with E-state index in [1.807, 2.05) is 18.2 Å². The molecule has 5 nitrogen and oxygen atoms in total. The molecule has 6 heteroatoms. The number of aliphatic carboxylic acids is 1. The molecule has 1 saturated heterocycles. The molecule has 1 aliphatic heterocycles. The molecule has 1 aliphatic rings. The van der Waals surface area contributed by atoms with Crippen molar-refractivity contribution in [2.24, 2.45) is 0 Å². The predicted octanol–water partition coefficient (Wildman–Crippen LogP) is 2.02. The fourth-order valence-electron chi connectivity index (χ4n) is 2.37. The van der Waals surface area contributed by atoms with E-state index in [-0.39, 0.29) is 12.5 Å². The lowest BCUT2D eigenvalue weighted by Gasteiger charge is -2.35. The SMILES string of the molecule is COc1cccc(Cl)c1CN1CCOCC1CC(=O)O. The van der Waals surface area contributed by atoms with E-state index in [0.717, 1.165) is 11.3 Å². The van der Waals surface area contributed by atoms with Crippen molar-refractivity contribution in [2.45, 2.75) is 19.0 Å². The van der Waals surface area contributed by atoms with Crippen molar-refractivity contribution in [1.29, 1.82) is 0 Å². The van der Waals surface area contributed by atoms with Gasteiger partial charge in [-0.15, -0.1) is 0 Å². The maximum absolute atomic E-state index is 10.9. The number of halogens is 1. The van der Waals surface area contributed by atoms with E-state index in [2.05, 4.69) is 4.90 Å². The van der Waals surface area contributed by atoms with Gasteiger partial charge in [-0.05, 0) is 12.1 Å². The lowest BCUT2D eigenvalue weighted by molar-refractivity contribution is -0.140. The van der Waals surface area contributed by atoms with Crippen LogP contribution in [0.4, 0.5) is 0 Å². The molecule has 0 amide bonds. The number of carbonyl (C=O) groups is 1. The van der Waals surface area contributed by atoms with Crippen LogP contribution in [0.25, 0.3) is 0 Å². The van der Waals surface area contributed by atoms with Crippen LogP contribution in [-0.2, 0) is 16.1 Å². The maximum Gasteiger partial charge on any atom is 0.305 e. The summed E-state index contributed by atoms with van der Waals surface area (Å²) >= 11 is 6.23. The van der Waals surface area contributed by atoms with Gasteiger partial charge in [0, 0.05) is 29.7 Å². The summed E-state index contributed by atoms with van der Waals surface area (Å²) in [6, 6.07) is 5.36. The standard InChI is InChI=1S/C14H18ClNO4/c1-19-13-4-2-3-12(15)11(13)8-16-5-6-20-9-10(16)7-14(17)18/h2-4,10H,5-9H2,1H3,(H,17,18). The Morgan fingerprint density at radius 2 is 2.40 bits per heavy atom. The Balaban J connectivity index is 2.16. The average molecular weight is 300 g/mol. The number of carboxylic acid groups (broad SMARTS) is 1. The van der Waals surface area contributed by atoms with Crippen molar-refractivity contribution < 1.29 is 19.4 Å². The Morgan fingerprint density at radius 1 is 1.60 bits per heavy atom. The molecule has 0 saturated carbocycles. The molecular weight excluding hydrogens is 282 g/mol. The third-order valence-corrected chi connectivity index (χ3v) is 3.77. The number of rotatable bonds is 5. The Bertz CT molecular complexity index is 480. The van der Waals surface area contributed by atoms with Crippen molar-refractivity contribution in [3.63, 3.8) is 0 Å². The van der Waals surface area contributed by atoms with Crippen molar-refractivity contribution in [1.82, 2.24) is 4.90 Å². The number of methoxy groups -OCH3 is 1. The van der Waals surface area contributed by atoms with E-state index in [1.54, 1.807) is 7.11 Å². The first-order valence-electron chi connectivity index (χ1n) is 6.46. The van der Waals surface area contributed by atoms with Gasteiger partial charge in [-0.25, -0.2) is 0 Å². The summed E-state index contributed by atoms with van der Waals surface area (Å²) in [7, 11) is 1.60. The smallest absolute Gasteiger partial charge is 0.305 e. The molecule has 1 N–H and O–H groups in total. The number of carboxylic acids is 1. The fraction of sp³-hybridized carbons (Fsp3) is 0.500. The number of nitrogens with zero attached hydrogens (tertiary/aromatic N) is 1.